The van der Waals surface area contributed by atoms with Gasteiger partial charge in [-0.2, -0.15) is 0 Å². The number of likely N-dealkylation sites (tertiary alicyclic amines) is 1. The molecule has 0 spiro atoms. The van der Waals surface area contributed by atoms with Crippen LogP contribution < -0.4 is 10.9 Å². The number of amides is 1. The van der Waals surface area contributed by atoms with E-state index in [1.165, 1.54) is 0 Å². The third-order valence-corrected chi connectivity index (χ3v) is 6.01. The van der Waals surface area contributed by atoms with E-state index in [9.17, 15) is 14.7 Å². The number of hydrogen-bond acceptors (Lipinski definition) is 5. The lowest BCUT2D eigenvalue weighted by Crippen LogP contribution is -2.28. The maximum atomic E-state index is 12.8. The summed E-state index contributed by atoms with van der Waals surface area (Å²) < 4.78 is 5.70. The molecule has 0 radical (unpaired) electrons. The fourth-order valence-corrected chi connectivity index (χ4v) is 4.22. The number of nitrogens with one attached hydrogen (secondary N) is 1. The molecule has 4 rings (SSSR count). The maximum absolute atomic E-state index is 12.8. The summed E-state index contributed by atoms with van der Waals surface area (Å²) in [6, 6.07) is 13.3. The summed E-state index contributed by atoms with van der Waals surface area (Å²) in [5.74, 6) is 0.336. The molecule has 3 aromatic rings. The van der Waals surface area contributed by atoms with Gasteiger partial charge in [0.1, 0.15) is 11.3 Å². The van der Waals surface area contributed by atoms with E-state index in [4.69, 9.17) is 4.42 Å². The number of fused-ring (bicyclic) bond motifs is 1. The SMILES string of the molecule is Cc1c(Cc2ccccc2)c(=O)oc2c(CNCCCN3CCCC3=O)c(O)ccc12.Cl. The van der Waals surface area contributed by atoms with Crippen LogP contribution in [0, 0.1) is 6.92 Å². The molecular formula is C25H29ClN2O4. The van der Waals surface area contributed by atoms with Crippen LogP contribution in [0.15, 0.2) is 51.7 Å². The summed E-state index contributed by atoms with van der Waals surface area (Å²) >= 11 is 0. The second-order valence-electron chi connectivity index (χ2n) is 8.11. The van der Waals surface area contributed by atoms with Crippen LogP contribution in [-0.2, 0) is 17.8 Å². The van der Waals surface area contributed by atoms with Gasteiger partial charge in [-0.05, 0) is 49.6 Å². The zero-order valence-corrected chi connectivity index (χ0v) is 19.0. The van der Waals surface area contributed by atoms with E-state index < -0.39 is 0 Å². The minimum Gasteiger partial charge on any atom is -0.507 e. The Morgan fingerprint density at radius 2 is 1.88 bits per heavy atom. The number of phenolic OH excluding ortho intramolecular Hbond substituents is 1. The molecular weight excluding hydrogens is 428 g/mol. The van der Waals surface area contributed by atoms with E-state index in [1.54, 1.807) is 12.1 Å². The normalized spacial score (nSPS) is 13.5. The fraction of sp³-hybridized carbons (Fsp3) is 0.360. The van der Waals surface area contributed by atoms with Crippen molar-refractivity contribution >= 4 is 29.3 Å². The zero-order chi connectivity index (χ0) is 21.8. The van der Waals surface area contributed by atoms with Gasteiger partial charge in [-0.15, -0.1) is 12.4 Å². The van der Waals surface area contributed by atoms with Crippen LogP contribution in [0.5, 0.6) is 5.75 Å². The molecule has 2 heterocycles. The highest BCUT2D eigenvalue weighted by atomic mass is 35.5. The molecule has 0 saturated carbocycles. The van der Waals surface area contributed by atoms with Gasteiger partial charge in [-0.1, -0.05) is 30.3 Å². The van der Waals surface area contributed by atoms with Crippen molar-refractivity contribution in [3.8, 4) is 5.75 Å². The number of aromatic hydroxyl groups is 1. The van der Waals surface area contributed by atoms with Gasteiger partial charge in [-0.3, -0.25) is 4.79 Å². The molecule has 1 aliphatic heterocycles. The van der Waals surface area contributed by atoms with Gasteiger partial charge in [-0.25, -0.2) is 4.79 Å². The first-order chi connectivity index (χ1) is 15.0. The fourth-order valence-electron chi connectivity index (χ4n) is 4.22. The number of phenols is 1. The summed E-state index contributed by atoms with van der Waals surface area (Å²) in [4.78, 5) is 26.4. The minimum atomic E-state index is -0.367. The van der Waals surface area contributed by atoms with Crippen LogP contribution >= 0.6 is 12.4 Å². The van der Waals surface area contributed by atoms with E-state index in [-0.39, 0.29) is 29.7 Å². The van der Waals surface area contributed by atoms with Crippen LogP contribution in [0.2, 0.25) is 0 Å². The molecule has 0 unspecified atom stereocenters. The standard InChI is InChI=1S/C25H28N2O4.ClH/c1-17-19-10-11-22(28)21(16-26-12-6-14-27-13-5-9-23(27)29)24(19)31-25(30)20(17)15-18-7-3-2-4-8-18;/h2-4,7-8,10-11,26,28H,5-6,9,12-16H2,1H3;1H. The van der Waals surface area contributed by atoms with Crippen molar-refractivity contribution in [1.29, 1.82) is 0 Å². The number of nitrogens with zero attached hydrogens (tertiary/aromatic N) is 1. The second-order valence-corrected chi connectivity index (χ2v) is 8.11. The number of halogens is 1. The molecule has 0 atom stereocenters. The number of carbonyl (C=O) groups excluding carboxylic acids is 1. The molecule has 1 amide bonds. The van der Waals surface area contributed by atoms with E-state index >= 15 is 0 Å². The Morgan fingerprint density at radius 1 is 1.09 bits per heavy atom. The average Bonchev–Trinajstić information content (AvgIpc) is 3.17. The predicted octanol–water partition coefficient (Wildman–Crippen LogP) is 3.92. The van der Waals surface area contributed by atoms with Crippen molar-refractivity contribution in [2.24, 2.45) is 0 Å². The third kappa shape index (κ3) is 5.14. The Balaban J connectivity index is 0.00000289. The lowest BCUT2D eigenvalue weighted by molar-refractivity contribution is -0.127. The lowest BCUT2D eigenvalue weighted by Gasteiger charge is -2.16. The largest absolute Gasteiger partial charge is 0.507 e. The van der Waals surface area contributed by atoms with Gasteiger partial charge in [0, 0.05) is 43.4 Å². The van der Waals surface area contributed by atoms with Gasteiger partial charge in [0.25, 0.3) is 0 Å². The monoisotopic (exact) mass is 456 g/mol. The molecule has 2 aromatic carbocycles. The number of carbonyl (C=O) groups is 1. The summed E-state index contributed by atoms with van der Waals surface area (Å²) in [5.41, 5.74) is 3.22. The van der Waals surface area contributed by atoms with E-state index in [1.807, 2.05) is 42.2 Å². The Kier molecular flexibility index (Phi) is 7.94. The smallest absolute Gasteiger partial charge is 0.340 e. The van der Waals surface area contributed by atoms with Crippen LogP contribution in [-0.4, -0.2) is 35.5 Å². The molecule has 1 aliphatic rings. The Morgan fingerprint density at radius 3 is 2.59 bits per heavy atom. The first-order valence-corrected chi connectivity index (χ1v) is 10.8. The van der Waals surface area contributed by atoms with Gasteiger partial charge in [0.2, 0.25) is 5.91 Å². The molecule has 170 valence electrons. The van der Waals surface area contributed by atoms with Crippen molar-refractivity contribution < 1.29 is 14.3 Å². The number of aryl methyl sites for hydroxylation is 1. The molecule has 7 heteroatoms. The molecule has 6 nitrogen and oxygen atoms in total. The molecule has 32 heavy (non-hydrogen) atoms. The van der Waals surface area contributed by atoms with Crippen LogP contribution in [0.1, 0.15) is 41.5 Å². The Bertz CT molecular complexity index is 1140. The number of hydrogen-bond donors (Lipinski definition) is 2. The lowest BCUT2D eigenvalue weighted by atomic mass is 9.98. The molecule has 2 N–H and O–H groups in total. The predicted molar refractivity (Wildman–Crippen MR) is 128 cm³/mol. The third-order valence-electron chi connectivity index (χ3n) is 6.01. The quantitative estimate of drug-likeness (QED) is 0.396. The van der Waals surface area contributed by atoms with E-state index in [2.05, 4.69) is 5.32 Å². The highest BCUT2D eigenvalue weighted by molar-refractivity contribution is 5.86. The molecule has 1 saturated heterocycles. The Hall–Kier alpha value is -2.83. The zero-order valence-electron chi connectivity index (χ0n) is 18.2. The number of rotatable bonds is 8. The maximum Gasteiger partial charge on any atom is 0.340 e. The summed E-state index contributed by atoms with van der Waals surface area (Å²) in [7, 11) is 0. The first-order valence-electron chi connectivity index (χ1n) is 10.8. The van der Waals surface area contributed by atoms with Crippen molar-refractivity contribution in [3.63, 3.8) is 0 Å². The van der Waals surface area contributed by atoms with E-state index in [0.29, 0.717) is 42.6 Å². The van der Waals surface area contributed by atoms with Crippen molar-refractivity contribution in [3.05, 3.63) is 75.1 Å². The summed E-state index contributed by atoms with van der Waals surface area (Å²) in [6.45, 7) is 4.61. The highest BCUT2D eigenvalue weighted by Crippen LogP contribution is 2.30. The van der Waals surface area contributed by atoms with Crippen LogP contribution in [0.4, 0.5) is 0 Å². The average molecular weight is 457 g/mol. The highest BCUT2D eigenvalue weighted by Gasteiger charge is 2.19. The van der Waals surface area contributed by atoms with Gasteiger partial charge >= 0.3 is 5.63 Å². The molecule has 1 aromatic heterocycles. The van der Waals surface area contributed by atoms with E-state index in [0.717, 1.165) is 42.4 Å². The Labute approximate surface area is 193 Å². The summed E-state index contributed by atoms with van der Waals surface area (Å²) in [6.07, 6.45) is 2.94. The van der Waals surface area contributed by atoms with Crippen molar-refractivity contribution in [1.82, 2.24) is 10.2 Å². The molecule has 0 aliphatic carbocycles. The first kappa shape index (κ1) is 23.8. The summed E-state index contributed by atoms with van der Waals surface area (Å²) in [5, 5.41) is 14.5. The van der Waals surface area contributed by atoms with Crippen LogP contribution in [0.3, 0.4) is 0 Å². The topological polar surface area (TPSA) is 82.8 Å². The molecule has 0 bridgehead atoms. The van der Waals surface area contributed by atoms with Gasteiger partial charge in [0.05, 0.1) is 5.56 Å². The molecule has 1 fully saturated rings. The van der Waals surface area contributed by atoms with Gasteiger partial charge in [0.15, 0.2) is 0 Å². The minimum absolute atomic E-state index is 0. The van der Waals surface area contributed by atoms with Crippen LogP contribution in [0.25, 0.3) is 11.0 Å². The second kappa shape index (κ2) is 10.7. The van der Waals surface area contributed by atoms with Gasteiger partial charge < -0.3 is 19.7 Å². The number of benzene rings is 2. The van der Waals surface area contributed by atoms with Crippen molar-refractivity contribution in [2.75, 3.05) is 19.6 Å². The van der Waals surface area contributed by atoms with Crippen molar-refractivity contribution in [2.45, 2.75) is 39.2 Å².